The van der Waals surface area contributed by atoms with E-state index in [-0.39, 0.29) is 17.2 Å². The monoisotopic (exact) mass is 372 g/mol. The Balaban J connectivity index is 1.71. The Labute approximate surface area is 160 Å². The Morgan fingerprint density at radius 2 is 1.79 bits per heavy atom. The van der Waals surface area contributed by atoms with Gasteiger partial charge in [0.05, 0.1) is 23.4 Å². The molecule has 0 aliphatic heterocycles. The van der Waals surface area contributed by atoms with Gasteiger partial charge >= 0.3 is 5.97 Å². The molecule has 1 unspecified atom stereocenters. The van der Waals surface area contributed by atoms with Crippen LogP contribution in [-0.4, -0.2) is 31.9 Å². The lowest BCUT2D eigenvalue weighted by molar-refractivity contribution is 0.0690. The molecule has 4 aromatic rings. The number of pyridine rings is 1. The number of imidazole rings is 1. The first-order valence-corrected chi connectivity index (χ1v) is 8.60. The summed E-state index contributed by atoms with van der Waals surface area (Å²) in [7, 11) is 0. The lowest BCUT2D eigenvalue weighted by atomic mass is 9.97. The molecule has 0 spiro atoms. The minimum Gasteiger partial charge on any atom is -0.477 e. The van der Waals surface area contributed by atoms with E-state index < -0.39 is 12.0 Å². The normalized spacial score (nSPS) is 11.9. The maximum absolute atomic E-state index is 12.8. The number of carbonyl (C=O) groups excluding carboxylic acids is 1. The van der Waals surface area contributed by atoms with Gasteiger partial charge in [-0.1, -0.05) is 36.4 Å². The first-order valence-electron chi connectivity index (χ1n) is 8.60. The van der Waals surface area contributed by atoms with Crippen LogP contribution in [0.3, 0.4) is 0 Å². The van der Waals surface area contributed by atoms with Gasteiger partial charge < -0.3 is 15.4 Å². The fourth-order valence-electron chi connectivity index (χ4n) is 3.04. The van der Waals surface area contributed by atoms with Crippen molar-refractivity contribution in [1.82, 2.24) is 20.3 Å². The lowest BCUT2D eigenvalue weighted by Crippen LogP contribution is -2.29. The maximum Gasteiger partial charge on any atom is 0.354 e. The Kier molecular flexibility index (Phi) is 4.55. The highest BCUT2D eigenvalue weighted by Crippen LogP contribution is 2.25. The van der Waals surface area contributed by atoms with E-state index in [0.29, 0.717) is 0 Å². The van der Waals surface area contributed by atoms with Crippen LogP contribution in [0.5, 0.6) is 0 Å². The minimum atomic E-state index is -1.18. The van der Waals surface area contributed by atoms with E-state index in [1.165, 1.54) is 18.3 Å². The zero-order chi connectivity index (χ0) is 19.5. The Hall–Kier alpha value is -4.00. The number of H-pyrrole nitrogens is 1. The van der Waals surface area contributed by atoms with E-state index in [1.54, 1.807) is 6.33 Å². The van der Waals surface area contributed by atoms with Crippen molar-refractivity contribution in [3.05, 3.63) is 95.6 Å². The third kappa shape index (κ3) is 3.45. The number of amides is 1. The molecule has 4 rings (SSSR count). The summed E-state index contributed by atoms with van der Waals surface area (Å²) in [6.07, 6.45) is 2.93. The lowest BCUT2D eigenvalue weighted by Gasteiger charge is -2.20. The quantitative estimate of drug-likeness (QED) is 0.499. The molecule has 0 aliphatic rings. The Morgan fingerprint density at radius 3 is 2.57 bits per heavy atom. The maximum atomic E-state index is 12.8. The van der Waals surface area contributed by atoms with Crippen molar-refractivity contribution < 1.29 is 14.7 Å². The molecule has 2 aromatic carbocycles. The van der Waals surface area contributed by atoms with Crippen LogP contribution in [0.15, 0.2) is 73.2 Å². The van der Waals surface area contributed by atoms with Gasteiger partial charge in [-0.2, -0.15) is 0 Å². The zero-order valence-electron chi connectivity index (χ0n) is 14.7. The van der Waals surface area contributed by atoms with Gasteiger partial charge in [-0.15, -0.1) is 0 Å². The smallest absolute Gasteiger partial charge is 0.354 e. The van der Waals surface area contributed by atoms with E-state index in [0.717, 1.165) is 22.2 Å². The molecule has 28 heavy (non-hydrogen) atoms. The Morgan fingerprint density at radius 1 is 0.964 bits per heavy atom. The van der Waals surface area contributed by atoms with E-state index in [2.05, 4.69) is 20.3 Å². The molecule has 2 heterocycles. The third-order valence-corrected chi connectivity index (χ3v) is 4.43. The molecule has 7 nitrogen and oxygen atoms in total. The van der Waals surface area contributed by atoms with Crippen LogP contribution in [0.2, 0.25) is 0 Å². The summed E-state index contributed by atoms with van der Waals surface area (Å²) in [6.45, 7) is 0. The molecular formula is C21H16N4O3. The van der Waals surface area contributed by atoms with Gasteiger partial charge in [-0.25, -0.2) is 14.8 Å². The number of aromatic nitrogens is 3. The fraction of sp³-hybridized carbons (Fsp3) is 0.0476. The molecule has 0 aliphatic carbocycles. The van der Waals surface area contributed by atoms with Crippen LogP contribution in [0.4, 0.5) is 0 Å². The summed E-state index contributed by atoms with van der Waals surface area (Å²) in [5, 5.41) is 12.1. The molecule has 2 aromatic heterocycles. The topological polar surface area (TPSA) is 108 Å². The number of nitrogens with zero attached hydrogens (tertiary/aromatic N) is 2. The number of rotatable bonds is 5. The molecule has 0 saturated carbocycles. The molecule has 3 N–H and O–H groups in total. The Bertz CT molecular complexity index is 1150. The highest BCUT2D eigenvalue weighted by atomic mass is 16.4. The van der Waals surface area contributed by atoms with Gasteiger partial charge in [0.15, 0.2) is 0 Å². The molecule has 1 atom stereocenters. The van der Waals surface area contributed by atoms with Crippen molar-refractivity contribution in [2.45, 2.75) is 6.04 Å². The number of carbonyl (C=O) groups is 2. The van der Waals surface area contributed by atoms with Crippen LogP contribution in [0, 0.1) is 0 Å². The highest BCUT2D eigenvalue weighted by molar-refractivity contribution is 5.97. The number of carboxylic acid groups (broad SMARTS) is 1. The molecule has 1 amide bonds. The average Bonchev–Trinajstić information content (AvgIpc) is 3.20. The second kappa shape index (κ2) is 7.32. The number of aromatic amines is 1. The molecule has 7 heteroatoms. The number of hydrogen-bond donors (Lipinski definition) is 3. The summed E-state index contributed by atoms with van der Waals surface area (Å²) in [6, 6.07) is 17.6. The number of benzene rings is 2. The second-order valence-corrected chi connectivity index (χ2v) is 6.23. The van der Waals surface area contributed by atoms with Gasteiger partial charge in [-0.05, 0) is 35.4 Å². The van der Waals surface area contributed by atoms with Crippen LogP contribution in [0.25, 0.3) is 11.0 Å². The first-order chi connectivity index (χ1) is 13.6. The van der Waals surface area contributed by atoms with E-state index in [4.69, 9.17) is 5.11 Å². The molecule has 0 saturated heterocycles. The largest absolute Gasteiger partial charge is 0.477 e. The van der Waals surface area contributed by atoms with E-state index >= 15 is 0 Å². The molecule has 138 valence electrons. The van der Waals surface area contributed by atoms with Crippen molar-refractivity contribution in [2.24, 2.45) is 0 Å². The predicted molar refractivity (Wildman–Crippen MR) is 103 cm³/mol. The van der Waals surface area contributed by atoms with Crippen molar-refractivity contribution in [2.75, 3.05) is 0 Å². The molecular weight excluding hydrogens is 356 g/mol. The summed E-state index contributed by atoms with van der Waals surface area (Å²) < 4.78 is 0. The van der Waals surface area contributed by atoms with Crippen molar-refractivity contribution in [3.8, 4) is 0 Å². The average molecular weight is 372 g/mol. The summed E-state index contributed by atoms with van der Waals surface area (Å²) >= 11 is 0. The number of fused-ring (bicyclic) bond motifs is 1. The standard InChI is InChI=1S/C21H16N4O3/c26-20(15-8-9-22-18(11-15)21(27)28)25-19(13-4-2-1-3-5-13)14-6-7-16-17(10-14)24-12-23-16/h1-12,19H,(H,23,24)(H,25,26)(H,27,28). The second-order valence-electron chi connectivity index (χ2n) is 6.23. The van der Waals surface area contributed by atoms with Crippen LogP contribution < -0.4 is 5.32 Å². The van der Waals surface area contributed by atoms with Crippen LogP contribution in [0.1, 0.15) is 38.0 Å². The fourth-order valence-corrected chi connectivity index (χ4v) is 3.04. The molecule has 0 radical (unpaired) electrons. The first kappa shape index (κ1) is 17.4. The van der Waals surface area contributed by atoms with Crippen molar-refractivity contribution in [1.29, 1.82) is 0 Å². The van der Waals surface area contributed by atoms with E-state index in [9.17, 15) is 9.59 Å². The van der Waals surface area contributed by atoms with Gasteiger partial charge in [-0.3, -0.25) is 4.79 Å². The summed E-state index contributed by atoms with van der Waals surface area (Å²) in [5.41, 5.74) is 3.54. The number of aromatic carboxylic acids is 1. The molecule has 0 bridgehead atoms. The number of carboxylic acids is 1. The van der Waals surface area contributed by atoms with E-state index in [1.807, 2.05) is 48.5 Å². The number of hydrogen-bond acceptors (Lipinski definition) is 4. The summed E-state index contributed by atoms with van der Waals surface area (Å²) in [4.78, 5) is 35.0. The molecule has 0 fully saturated rings. The van der Waals surface area contributed by atoms with Gasteiger partial charge in [0.2, 0.25) is 0 Å². The SMILES string of the molecule is O=C(NC(c1ccccc1)c1ccc2nc[nH]c2c1)c1ccnc(C(=O)O)c1. The van der Waals surface area contributed by atoms with Gasteiger partial charge in [0, 0.05) is 11.8 Å². The highest BCUT2D eigenvalue weighted by Gasteiger charge is 2.19. The minimum absolute atomic E-state index is 0.178. The predicted octanol–water partition coefficient (Wildman–Crippen LogP) is 3.18. The third-order valence-electron chi connectivity index (χ3n) is 4.43. The van der Waals surface area contributed by atoms with Gasteiger partial charge in [0.25, 0.3) is 5.91 Å². The van der Waals surface area contributed by atoms with Crippen LogP contribution in [-0.2, 0) is 0 Å². The van der Waals surface area contributed by atoms with Crippen LogP contribution >= 0.6 is 0 Å². The van der Waals surface area contributed by atoms with Gasteiger partial charge in [0.1, 0.15) is 5.69 Å². The van der Waals surface area contributed by atoms with Crippen molar-refractivity contribution >= 4 is 22.9 Å². The summed E-state index contributed by atoms with van der Waals surface area (Å²) in [5.74, 6) is -1.57. The van der Waals surface area contributed by atoms with Crippen molar-refractivity contribution in [3.63, 3.8) is 0 Å². The number of nitrogens with one attached hydrogen (secondary N) is 2. The zero-order valence-corrected chi connectivity index (χ0v) is 14.7.